The predicted octanol–water partition coefficient (Wildman–Crippen LogP) is 3.93. The van der Waals surface area contributed by atoms with Crippen molar-refractivity contribution in [1.82, 2.24) is 9.97 Å². The van der Waals surface area contributed by atoms with E-state index in [-0.39, 0.29) is 5.82 Å². The number of nitrogens with one attached hydrogen (secondary N) is 1. The van der Waals surface area contributed by atoms with E-state index in [1.807, 2.05) is 18.2 Å². The first-order valence-corrected chi connectivity index (χ1v) is 13.8. The maximum atomic E-state index is 13.2. The fraction of sp³-hybridized carbons (Fsp3) is 0.370. The molecule has 2 aliphatic rings. The van der Waals surface area contributed by atoms with E-state index >= 15 is 0 Å². The van der Waals surface area contributed by atoms with Gasteiger partial charge in [0.1, 0.15) is 18.2 Å². The molecule has 2 aromatic carbocycles. The van der Waals surface area contributed by atoms with Gasteiger partial charge in [0.2, 0.25) is 5.95 Å². The first-order valence-electron chi connectivity index (χ1n) is 12.7. The molecular weight excluding hydrogens is 618 g/mol. The van der Waals surface area contributed by atoms with E-state index in [1.54, 1.807) is 25.5 Å². The summed E-state index contributed by atoms with van der Waals surface area (Å²) >= 11 is 2.21. The number of rotatable bonds is 9. The third kappa shape index (κ3) is 7.25. The number of hydrogen-bond donors (Lipinski definition) is 1. The molecule has 10 nitrogen and oxygen atoms in total. The Balaban J connectivity index is 1.31. The van der Waals surface area contributed by atoms with Gasteiger partial charge in [-0.2, -0.15) is 15.1 Å². The zero-order valence-electron chi connectivity index (χ0n) is 21.6. The summed E-state index contributed by atoms with van der Waals surface area (Å²) in [4.78, 5) is 13.9. The molecule has 206 valence electrons. The van der Waals surface area contributed by atoms with Gasteiger partial charge < -0.3 is 28.7 Å². The maximum Gasteiger partial charge on any atom is 0.229 e. The van der Waals surface area contributed by atoms with Crippen molar-refractivity contribution in [1.29, 1.82) is 0 Å². The number of benzene rings is 2. The van der Waals surface area contributed by atoms with E-state index in [4.69, 9.17) is 28.9 Å². The van der Waals surface area contributed by atoms with Crippen LogP contribution in [0.3, 0.4) is 0 Å². The van der Waals surface area contributed by atoms with E-state index in [9.17, 15) is 4.39 Å². The lowest BCUT2D eigenvalue weighted by Crippen LogP contribution is -2.39. The zero-order chi connectivity index (χ0) is 27.0. The molecule has 39 heavy (non-hydrogen) atoms. The highest BCUT2D eigenvalue weighted by Gasteiger charge is 2.19. The Labute approximate surface area is 240 Å². The molecular formula is C27H30FIN6O4. The van der Waals surface area contributed by atoms with Crippen LogP contribution < -0.4 is 24.7 Å². The van der Waals surface area contributed by atoms with Crippen LogP contribution in [0.4, 0.5) is 22.0 Å². The number of ether oxygens (including phenoxy) is 4. The maximum absolute atomic E-state index is 13.2. The number of hydrazone groups is 1. The van der Waals surface area contributed by atoms with Gasteiger partial charge in [-0.3, -0.25) is 5.43 Å². The highest BCUT2D eigenvalue weighted by atomic mass is 127. The van der Waals surface area contributed by atoms with Gasteiger partial charge in [-0.25, -0.2) is 4.39 Å². The van der Waals surface area contributed by atoms with Gasteiger partial charge in [0.15, 0.2) is 17.3 Å². The van der Waals surface area contributed by atoms with Crippen molar-refractivity contribution < 1.29 is 23.3 Å². The van der Waals surface area contributed by atoms with Crippen LogP contribution in [0.2, 0.25) is 0 Å². The largest absolute Gasteiger partial charge is 0.493 e. The second-order valence-corrected chi connectivity index (χ2v) is 10.1. The summed E-state index contributed by atoms with van der Waals surface area (Å²) in [5.74, 6) is 3.01. The Hall–Kier alpha value is -3.23. The Bertz CT molecular complexity index is 1250. The van der Waals surface area contributed by atoms with Gasteiger partial charge in [0, 0.05) is 32.2 Å². The van der Waals surface area contributed by atoms with Gasteiger partial charge in [-0.05, 0) is 58.0 Å². The summed E-state index contributed by atoms with van der Waals surface area (Å²) in [6, 6.07) is 11.9. The summed E-state index contributed by atoms with van der Waals surface area (Å²) in [7, 11) is 1.59. The third-order valence-electron chi connectivity index (χ3n) is 6.27. The van der Waals surface area contributed by atoms with Crippen LogP contribution in [-0.2, 0) is 16.1 Å². The average molecular weight is 648 g/mol. The molecule has 0 aliphatic carbocycles. The van der Waals surface area contributed by atoms with E-state index in [2.05, 4.69) is 42.9 Å². The molecule has 0 unspecified atom stereocenters. The summed E-state index contributed by atoms with van der Waals surface area (Å²) in [5, 5.41) is 4.45. The molecule has 0 atom stereocenters. The molecule has 3 aromatic rings. The molecule has 2 saturated heterocycles. The van der Waals surface area contributed by atoms with Gasteiger partial charge in [-0.15, -0.1) is 0 Å². The molecule has 0 saturated carbocycles. The van der Waals surface area contributed by atoms with Crippen LogP contribution in [0.5, 0.6) is 11.5 Å². The standard InChI is InChI=1S/C27H30FIN6O4/c1-36-23-15-20(14-22(29)26(23)39-18-19-2-4-21(28)5-3-19)17-30-33-24-16-25(34-6-10-37-11-7-34)32-27(31-24)35-8-12-38-13-9-35/h2-5,14-17H,6-13,18H2,1H3,(H,31,32,33)/b30-17+. The fourth-order valence-electron chi connectivity index (χ4n) is 4.20. The SMILES string of the molecule is COc1cc(/C=N/Nc2cc(N3CCOCC3)nc(N3CCOCC3)n2)cc(I)c1OCc1ccc(F)cc1. The van der Waals surface area contributed by atoms with Crippen molar-refractivity contribution in [2.75, 3.05) is 74.9 Å². The minimum atomic E-state index is -0.278. The lowest BCUT2D eigenvalue weighted by molar-refractivity contribution is 0.121. The lowest BCUT2D eigenvalue weighted by Gasteiger charge is -2.31. The molecule has 0 spiro atoms. The molecule has 3 heterocycles. The predicted molar refractivity (Wildman–Crippen MR) is 156 cm³/mol. The minimum absolute atomic E-state index is 0.278. The quantitative estimate of drug-likeness (QED) is 0.211. The van der Waals surface area contributed by atoms with E-state index in [0.29, 0.717) is 56.3 Å². The normalized spacial score (nSPS) is 16.0. The van der Waals surface area contributed by atoms with Crippen LogP contribution >= 0.6 is 22.6 Å². The Morgan fingerprint density at radius 3 is 2.38 bits per heavy atom. The van der Waals surface area contributed by atoms with Gasteiger partial charge in [0.05, 0.1) is 43.3 Å². The number of morpholine rings is 2. The molecule has 0 amide bonds. The van der Waals surface area contributed by atoms with Gasteiger partial charge >= 0.3 is 0 Å². The van der Waals surface area contributed by atoms with Crippen molar-refractivity contribution in [3.8, 4) is 11.5 Å². The van der Waals surface area contributed by atoms with Crippen LogP contribution in [0, 0.1) is 9.39 Å². The summed E-state index contributed by atoms with van der Waals surface area (Å²) in [6.45, 7) is 5.96. The minimum Gasteiger partial charge on any atom is -0.493 e. The summed E-state index contributed by atoms with van der Waals surface area (Å²) in [5.41, 5.74) is 4.76. The Morgan fingerprint density at radius 1 is 1.00 bits per heavy atom. The molecule has 2 fully saturated rings. The van der Waals surface area contributed by atoms with E-state index in [1.165, 1.54) is 12.1 Å². The fourth-order valence-corrected chi connectivity index (χ4v) is 4.98. The van der Waals surface area contributed by atoms with Crippen molar-refractivity contribution in [3.05, 3.63) is 63.0 Å². The number of nitrogens with zero attached hydrogens (tertiary/aromatic N) is 5. The second kappa shape index (κ2) is 13.2. The molecule has 12 heteroatoms. The van der Waals surface area contributed by atoms with Crippen LogP contribution in [-0.4, -0.2) is 75.9 Å². The first-order chi connectivity index (χ1) is 19.1. The van der Waals surface area contributed by atoms with Crippen LogP contribution in [0.1, 0.15) is 11.1 Å². The van der Waals surface area contributed by atoms with Gasteiger partial charge in [-0.1, -0.05) is 12.1 Å². The number of aromatic nitrogens is 2. The highest BCUT2D eigenvalue weighted by molar-refractivity contribution is 14.1. The molecule has 0 bridgehead atoms. The smallest absolute Gasteiger partial charge is 0.229 e. The molecule has 1 N–H and O–H groups in total. The molecule has 2 aliphatic heterocycles. The lowest BCUT2D eigenvalue weighted by atomic mass is 10.2. The Morgan fingerprint density at radius 2 is 1.69 bits per heavy atom. The first kappa shape index (κ1) is 27.3. The monoisotopic (exact) mass is 648 g/mol. The topological polar surface area (TPSA) is 93.6 Å². The number of methoxy groups -OCH3 is 1. The number of hydrogen-bond acceptors (Lipinski definition) is 10. The molecule has 1 aromatic heterocycles. The number of anilines is 3. The van der Waals surface area contributed by atoms with E-state index in [0.717, 1.165) is 46.7 Å². The van der Waals surface area contributed by atoms with Gasteiger partial charge in [0.25, 0.3) is 0 Å². The van der Waals surface area contributed by atoms with Crippen molar-refractivity contribution in [2.24, 2.45) is 5.10 Å². The van der Waals surface area contributed by atoms with Crippen molar-refractivity contribution >= 4 is 46.4 Å². The van der Waals surface area contributed by atoms with Crippen molar-refractivity contribution in [3.63, 3.8) is 0 Å². The van der Waals surface area contributed by atoms with E-state index < -0.39 is 0 Å². The third-order valence-corrected chi connectivity index (χ3v) is 7.07. The molecule has 5 rings (SSSR count). The zero-order valence-corrected chi connectivity index (χ0v) is 23.8. The highest BCUT2D eigenvalue weighted by Crippen LogP contribution is 2.34. The molecule has 0 radical (unpaired) electrons. The Kier molecular flexibility index (Phi) is 9.27. The second-order valence-electron chi connectivity index (χ2n) is 8.93. The van der Waals surface area contributed by atoms with Crippen LogP contribution in [0.15, 0.2) is 47.6 Å². The summed E-state index contributed by atoms with van der Waals surface area (Å²) in [6.07, 6.45) is 1.71. The van der Waals surface area contributed by atoms with Crippen molar-refractivity contribution in [2.45, 2.75) is 6.61 Å². The average Bonchev–Trinajstić information content (AvgIpc) is 2.98. The summed E-state index contributed by atoms with van der Waals surface area (Å²) < 4.78 is 36.6. The van der Waals surface area contributed by atoms with Crippen LogP contribution in [0.25, 0.3) is 0 Å². The number of halogens is 2.